The van der Waals surface area contributed by atoms with E-state index >= 15 is 0 Å². The fourth-order valence-electron chi connectivity index (χ4n) is 2.67. The molecule has 3 aromatic rings. The molecule has 0 fully saturated rings. The maximum atomic E-state index is 12.4. The van der Waals surface area contributed by atoms with E-state index in [-0.39, 0.29) is 12.7 Å². The van der Waals surface area contributed by atoms with Gasteiger partial charge >= 0.3 is 0 Å². The van der Waals surface area contributed by atoms with Crippen LogP contribution in [0.15, 0.2) is 66.7 Å². The molecule has 0 saturated carbocycles. The molecule has 1 heterocycles. The molecular formula is C21H15N3O3. The van der Waals surface area contributed by atoms with E-state index in [0.29, 0.717) is 28.3 Å². The minimum Gasteiger partial charge on any atom is -0.454 e. The molecule has 27 heavy (non-hydrogen) atoms. The Hall–Kier alpha value is -3.98. The predicted molar refractivity (Wildman–Crippen MR) is 101 cm³/mol. The number of fused-ring (bicyclic) bond motifs is 1. The molecule has 2 N–H and O–H groups in total. The van der Waals surface area contributed by atoms with Crippen molar-refractivity contribution in [2.45, 2.75) is 0 Å². The number of nitriles is 1. The molecule has 0 aromatic heterocycles. The van der Waals surface area contributed by atoms with E-state index in [4.69, 9.17) is 14.7 Å². The third-order valence-corrected chi connectivity index (χ3v) is 4.08. The highest BCUT2D eigenvalue weighted by molar-refractivity contribution is 6.04. The molecule has 0 unspecified atom stereocenters. The highest BCUT2D eigenvalue weighted by Crippen LogP contribution is 2.32. The lowest BCUT2D eigenvalue weighted by atomic mass is 10.2. The molecule has 132 valence electrons. The minimum absolute atomic E-state index is 0.175. The first-order valence-electron chi connectivity index (χ1n) is 8.29. The molecule has 4 rings (SSSR count). The van der Waals surface area contributed by atoms with Gasteiger partial charge in [0.1, 0.15) is 0 Å². The van der Waals surface area contributed by atoms with Crippen LogP contribution in [0.4, 0.5) is 17.1 Å². The Morgan fingerprint density at radius 1 is 0.852 bits per heavy atom. The number of amides is 1. The molecule has 6 nitrogen and oxygen atoms in total. The van der Waals surface area contributed by atoms with E-state index in [2.05, 4.69) is 16.7 Å². The lowest BCUT2D eigenvalue weighted by Gasteiger charge is -2.09. The fraction of sp³-hybridized carbons (Fsp3) is 0.0476. The molecule has 0 saturated heterocycles. The summed E-state index contributed by atoms with van der Waals surface area (Å²) in [4.78, 5) is 12.4. The first-order valence-corrected chi connectivity index (χ1v) is 8.29. The van der Waals surface area contributed by atoms with Gasteiger partial charge in [-0.05, 0) is 66.7 Å². The maximum absolute atomic E-state index is 12.4. The van der Waals surface area contributed by atoms with E-state index < -0.39 is 0 Å². The van der Waals surface area contributed by atoms with Gasteiger partial charge in [0.2, 0.25) is 6.79 Å². The van der Waals surface area contributed by atoms with E-state index in [0.717, 1.165) is 11.4 Å². The number of hydrogen-bond donors (Lipinski definition) is 2. The van der Waals surface area contributed by atoms with Gasteiger partial charge in [0, 0.05) is 22.6 Å². The maximum Gasteiger partial charge on any atom is 0.255 e. The van der Waals surface area contributed by atoms with Crippen LogP contribution in [0.1, 0.15) is 15.9 Å². The monoisotopic (exact) mass is 357 g/mol. The van der Waals surface area contributed by atoms with Gasteiger partial charge in [-0.1, -0.05) is 0 Å². The number of nitrogens with zero attached hydrogens (tertiary/aromatic N) is 1. The van der Waals surface area contributed by atoms with Gasteiger partial charge in [-0.3, -0.25) is 4.79 Å². The topological polar surface area (TPSA) is 83.4 Å². The third kappa shape index (κ3) is 3.67. The Morgan fingerprint density at radius 2 is 1.48 bits per heavy atom. The number of carbonyl (C=O) groups is 1. The summed E-state index contributed by atoms with van der Waals surface area (Å²) >= 11 is 0. The Morgan fingerprint density at radius 3 is 2.19 bits per heavy atom. The van der Waals surface area contributed by atoms with Crippen molar-refractivity contribution in [3.8, 4) is 17.6 Å². The largest absolute Gasteiger partial charge is 0.454 e. The number of rotatable bonds is 4. The summed E-state index contributed by atoms with van der Waals surface area (Å²) in [5.41, 5.74) is 3.55. The van der Waals surface area contributed by atoms with Gasteiger partial charge < -0.3 is 20.1 Å². The minimum atomic E-state index is -0.221. The van der Waals surface area contributed by atoms with Crippen molar-refractivity contribution in [1.82, 2.24) is 0 Å². The summed E-state index contributed by atoms with van der Waals surface area (Å²) in [5, 5.41) is 14.9. The van der Waals surface area contributed by atoms with Gasteiger partial charge in [-0.2, -0.15) is 5.26 Å². The van der Waals surface area contributed by atoms with Crippen LogP contribution >= 0.6 is 0 Å². The zero-order valence-corrected chi connectivity index (χ0v) is 14.2. The second-order valence-corrected chi connectivity index (χ2v) is 5.91. The summed E-state index contributed by atoms with van der Waals surface area (Å²) in [5.74, 6) is 0.996. The quantitative estimate of drug-likeness (QED) is 0.728. The van der Waals surface area contributed by atoms with E-state index in [1.807, 2.05) is 36.4 Å². The van der Waals surface area contributed by atoms with Crippen molar-refractivity contribution < 1.29 is 14.3 Å². The average molecular weight is 357 g/mol. The van der Waals surface area contributed by atoms with Crippen LogP contribution in [-0.4, -0.2) is 12.7 Å². The first kappa shape index (κ1) is 16.5. The van der Waals surface area contributed by atoms with Crippen molar-refractivity contribution in [3.05, 3.63) is 77.9 Å². The van der Waals surface area contributed by atoms with Gasteiger partial charge in [-0.15, -0.1) is 0 Å². The SMILES string of the molecule is N#Cc1ccc(Nc2ccc(NC(=O)c3ccc4c(c3)OCO4)cc2)cc1. The summed E-state index contributed by atoms with van der Waals surface area (Å²) in [7, 11) is 0. The van der Waals surface area contributed by atoms with Gasteiger partial charge in [0.15, 0.2) is 11.5 Å². The molecule has 0 spiro atoms. The fourth-order valence-corrected chi connectivity index (χ4v) is 2.67. The van der Waals surface area contributed by atoms with Crippen molar-refractivity contribution >= 4 is 23.0 Å². The second-order valence-electron chi connectivity index (χ2n) is 5.91. The molecule has 0 radical (unpaired) electrons. The predicted octanol–water partition coefficient (Wildman–Crippen LogP) is 4.28. The van der Waals surface area contributed by atoms with Crippen molar-refractivity contribution in [3.63, 3.8) is 0 Å². The van der Waals surface area contributed by atoms with Crippen LogP contribution < -0.4 is 20.1 Å². The van der Waals surface area contributed by atoms with E-state index in [1.54, 1.807) is 30.3 Å². The molecule has 1 aliphatic rings. The number of ether oxygens (including phenoxy) is 2. The van der Waals surface area contributed by atoms with Crippen LogP contribution in [0.2, 0.25) is 0 Å². The number of hydrogen-bond acceptors (Lipinski definition) is 5. The van der Waals surface area contributed by atoms with Gasteiger partial charge in [0.25, 0.3) is 5.91 Å². The Kier molecular flexibility index (Phi) is 4.33. The van der Waals surface area contributed by atoms with Crippen molar-refractivity contribution in [1.29, 1.82) is 5.26 Å². The normalized spacial score (nSPS) is 11.5. The van der Waals surface area contributed by atoms with Crippen LogP contribution in [0.3, 0.4) is 0 Å². The summed E-state index contributed by atoms with van der Waals surface area (Å²) < 4.78 is 10.5. The lowest BCUT2D eigenvalue weighted by molar-refractivity contribution is 0.102. The van der Waals surface area contributed by atoms with Gasteiger partial charge in [-0.25, -0.2) is 0 Å². The molecule has 3 aromatic carbocycles. The molecule has 0 aliphatic carbocycles. The highest BCUT2D eigenvalue weighted by atomic mass is 16.7. The summed E-state index contributed by atoms with van der Waals surface area (Å²) in [6.07, 6.45) is 0. The van der Waals surface area contributed by atoms with Gasteiger partial charge in [0.05, 0.1) is 11.6 Å². The van der Waals surface area contributed by atoms with Crippen LogP contribution in [-0.2, 0) is 0 Å². The lowest BCUT2D eigenvalue weighted by Crippen LogP contribution is -2.11. The molecule has 1 amide bonds. The first-order chi connectivity index (χ1) is 13.2. The summed E-state index contributed by atoms with van der Waals surface area (Å²) in [6, 6.07) is 21.7. The number of carbonyl (C=O) groups excluding carboxylic acids is 1. The molecule has 1 aliphatic heterocycles. The third-order valence-electron chi connectivity index (χ3n) is 4.08. The zero-order chi connectivity index (χ0) is 18.6. The van der Waals surface area contributed by atoms with Crippen LogP contribution in [0.5, 0.6) is 11.5 Å². The Labute approximate surface area is 156 Å². The Balaban J connectivity index is 1.41. The van der Waals surface area contributed by atoms with Crippen LogP contribution in [0.25, 0.3) is 0 Å². The van der Waals surface area contributed by atoms with Crippen LogP contribution in [0, 0.1) is 11.3 Å². The number of nitrogens with one attached hydrogen (secondary N) is 2. The standard InChI is InChI=1S/C21H15N3O3/c22-12-14-1-4-16(5-2-14)23-17-6-8-18(9-7-17)24-21(25)15-3-10-19-20(11-15)27-13-26-19/h1-11,23H,13H2,(H,24,25). The molecule has 0 atom stereocenters. The zero-order valence-electron chi connectivity index (χ0n) is 14.2. The highest BCUT2D eigenvalue weighted by Gasteiger charge is 2.16. The summed E-state index contributed by atoms with van der Waals surface area (Å²) in [6.45, 7) is 0.175. The van der Waals surface area contributed by atoms with Crippen molar-refractivity contribution in [2.24, 2.45) is 0 Å². The molecule has 0 bridgehead atoms. The number of anilines is 3. The average Bonchev–Trinajstić information content (AvgIpc) is 3.18. The smallest absolute Gasteiger partial charge is 0.255 e. The van der Waals surface area contributed by atoms with Crippen molar-refractivity contribution in [2.75, 3.05) is 17.4 Å². The number of benzene rings is 3. The molecule has 6 heteroatoms. The Bertz CT molecular complexity index is 1020. The second kappa shape index (κ2) is 7.10. The van der Waals surface area contributed by atoms with E-state index in [9.17, 15) is 4.79 Å². The van der Waals surface area contributed by atoms with E-state index in [1.165, 1.54) is 0 Å². The molecular weight excluding hydrogens is 342 g/mol.